The maximum Gasteiger partial charge on any atom is 0.144 e. The van der Waals surface area contributed by atoms with Crippen LogP contribution in [0.15, 0.2) is 12.1 Å². The molecule has 0 saturated carbocycles. The number of thiophene rings is 1. The molecule has 0 amide bonds. The number of nitrogens with one attached hydrogen (secondary N) is 1. The molecule has 2 heterocycles. The van der Waals surface area contributed by atoms with Crippen LogP contribution in [0.1, 0.15) is 37.5 Å². The fourth-order valence-electron chi connectivity index (χ4n) is 2.45. The molecule has 1 aliphatic heterocycles. The van der Waals surface area contributed by atoms with Crippen molar-refractivity contribution in [3.8, 4) is 0 Å². The van der Waals surface area contributed by atoms with Crippen molar-refractivity contribution in [2.75, 3.05) is 19.8 Å². The minimum atomic E-state index is -0.0876. The molecule has 3 nitrogen and oxygen atoms in total. The van der Waals surface area contributed by atoms with Gasteiger partial charge in [-0.2, -0.15) is 0 Å². The van der Waals surface area contributed by atoms with Gasteiger partial charge < -0.3 is 10.1 Å². The highest BCUT2D eigenvalue weighted by atomic mass is 35.5. The quantitative estimate of drug-likeness (QED) is 0.873. The second-order valence-corrected chi connectivity index (χ2v) is 7.29. The first kappa shape index (κ1) is 16.0. The number of ether oxygens (including phenoxy) is 1. The van der Waals surface area contributed by atoms with Gasteiger partial charge in [0.2, 0.25) is 0 Å². The van der Waals surface area contributed by atoms with E-state index in [0.717, 1.165) is 35.3 Å². The highest BCUT2D eigenvalue weighted by molar-refractivity contribution is 7.16. The number of Topliss-reactive ketones (excluding diaryl/α,β-unsaturated/α-hetero) is 1. The molecule has 112 valence electrons. The molecule has 1 atom stereocenters. The minimum absolute atomic E-state index is 0.0392. The molecule has 0 radical (unpaired) electrons. The summed E-state index contributed by atoms with van der Waals surface area (Å²) in [7, 11) is 0. The fourth-order valence-corrected chi connectivity index (χ4v) is 3.61. The van der Waals surface area contributed by atoms with E-state index in [0.29, 0.717) is 12.6 Å². The zero-order valence-electron chi connectivity index (χ0n) is 12.0. The Labute approximate surface area is 129 Å². The van der Waals surface area contributed by atoms with Crippen molar-refractivity contribution in [3.63, 3.8) is 0 Å². The first-order chi connectivity index (χ1) is 9.58. The molecule has 0 unspecified atom stereocenters. The molecular formula is C15H22ClNO2S. The second kappa shape index (κ2) is 7.55. The van der Waals surface area contributed by atoms with Crippen molar-refractivity contribution in [2.45, 2.75) is 38.6 Å². The predicted molar refractivity (Wildman–Crippen MR) is 83.8 cm³/mol. The standard InChI is InChI=1S/C15H22ClNO2S/c1-10(2)15(18)12(13-3-4-14(16)20-13)9-17-11-5-7-19-8-6-11/h3-4,10-12,17H,5-9H2,1-2H3/t12-/m1/s1. The van der Waals surface area contributed by atoms with Gasteiger partial charge in [0.25, 0.3) is 0 Å². The third-order valence-corrected chi connectivity index (χ3v) is 5.03. The van der Waals surface area contributed by atoms with Crippen LogP contribution in [0.25, 0.3) is 0 Å². The van der Waals surface area contributed by atoms with Gasteiger partial charge in [-0.15, -0.1) is 11.3 Å². The van der Waals surface area contributed by atoms with Crippen molar-refractivity contribution in [3.05, 3.63) is 21.3 Å². The van der Waals surface area contributed by atoms with Crippen LogP contribution in [0.3, 0.4) is 0 Å². The Kier molecular flexibility index (Phi) is 6.02. The number of ketones is 1. The summed E-state index contributed by atoms with van der Waals surface area (Å²) in [5.41, 5.74) is 0. The molecule has 0 aliphatic carbocycles. The molecular weight excluding hydrogens is 294 g/mol. The van der Waals surface area contributed by atoms with Gasteiger partial charge >= 0.3 is 0 Å². The van der Waals surface area contributed by atoms with Crippen LogP contribution in [-0.2, 0) is 9.53 Å². The van der Waals surface area contributed by atoms with Gasteiger partial charge in [-0.1, -0.05) is 25.4 Å². The van der Waals surface area contributed by atoms with Crippen LogP contribution < -0.4 is 5.32 Å². The molecule has 1 aliphatic rings. The van der Waals surface area contributed by atoms with E-state index in [-0.39, 0.29) is 17.6 Å². The minimum Gasteiger partial charge on any atom is -0.381 e. The van der Waals surface area contributed by atoms with Crippen LogP contribution >= 0.6 is 22.9 Å². The Balaban J connectivity index is 2.00. The van der Waals surface area contributed by atoms with E-state index in [1.54, 1.807) is 0 Å². The molecule has 0 bridgehead atoms. The average molecular weight is 316 g/mol. The van der Waals surface area contributed by atoms with Crippen LogP contribution in [0.2, 0.25) is 4.34 Å². The SMILES string of the molecule is CC(C)C(=O)[C@H](CNC1CCOCC1)c1ccc(Cl)s1. The Hall–Kier alpha value is -0.420. The van der Waals surface area contributed by atoms with E-state index in [1.165, 1.54) is 11.3 Å². The number of carbonyl (C=O) groups is 1. The molecule has 20 heavy (non-hydrogen) atoms. The lowest BCUT2D eigenvalue weighted by molar-refractivity contribution is -0.123. The lowest BCUT2D eigenvalue weighted by atomic mass is 9.93. The van der Waals surface area contributed by atoms with Crippen molar-refractivity contribution in [2.24, 2.45) is 5.92 Å². The van der Waals surface area contributed by atoms with Gasteiger partial charge in [0, 0.05) is 36.6 Å². The van der Waals surface area contributed by atoms with E-state index in [9.17, 15) is 4.79 Å². The summed E-state index contributed by atoms with van der Waals surface area (Å²) in [6, 6.07) is 4.31. The maximum absolute atomic E-state index is 12.4. The molecule has 1 N–H and O–H groups in total. The van der Waals surface area contributed by atoms with Gasteiger partial charge in [0.15, 0.2) is 0 Å². The molecule has 1 fully saturated rings. The largest absolute Gasteiger partial charge is 0.381 e. The van der Waals surface area contributed by atoms with Crippen molar-refractivity contribution < 1.29 is 9.53 Å². The highest BCUT2D eigenvalue weighted by Gasteiger charge is 2.25. The van der Waals surface area contributed by atoms with E-state index < -0.39 is 0 Å². The third kappa shape index (κ3) is 4.29. The lowest BCUT2D eigenvalue weighted by Crippen LogP contribution is -2.39. The average Bonchev–Trinajstić information content (AvgIpc) is 2.86. The summed E-state index contributed by atoms with van der Waals surface area (Å²) in [5.74, 6) is 0.232. The smallest absolute Gasteiger partial charge is 0.144 e. The number of carbonyl (C=O) groups excluding carboxylic acids is 1. The van der Waals surface area contributed by atoms with Crippen LogP contribution in [0.4, 0.5) is 0 Å². The van der Waals surface area contributed by atoms with Crippen molar-refractivity contribution in [1.29, 1.82) is 0 Å². The zero-order chi connectivity index (χ0) is 14.5. The molecule has 1 saturated heterocycles. The Morgan fingerprint density at radius 1 is 1.45 bits per heavy atom. The topological polar surface area (TPSA) is 38.3 Å². The van der Waals surface area contributed by atoms with E-state index in [2.05, 4.69) is 5.32 Å². The lowest BCUT2D eigenvalue weighted by Gasteiger charge is -2.26. The van der Waals surface area contributed by atoms with Gasteiger partial charge in [0.1, 0.15) is 5.78 Å². The van der Waals surface area contributed by atoms with E-state index >= 15 is 0 Å². The summed E-state index contributed by atoms with van der Waals surface area (Å²) in [4.78, 5) is 13.5. The normalized spacial score (nSPS) is 18.4. The molecule has 0 aromatic carbocycles. The molecule has 1 aromatic heterocycles. The van der Waals surface area contributed by atoms with Crippen molar-refractivity contribution in [1.82, 2.24) is 5.32 Å². The van der Waals surface area contributed by atoms with Gasteiger partial charge in [-0.05, 0) is 25.0 Å². The second-order valence-electron chi connectivity index (χ2n) is 5.55. The fraction of sp³-hybridized carbons (Fsp3) is 0.667. The number of hydrogen-bond acceptors (Lipinski definition) is 4. The van der Waals surface area contributed by atoms with Crippen molar-refractivity contribution >= 4 is 28.7 Å². The summed E-state index contributed by atoms with van der Waals surface area (Å²) in [6.07, 6.45) is 2.04. The maximum atomic E-state index is 12.4. The first-order valence-electron chi connectivity index (χ1n) is 7.18. The van der Waals surface area contributed by atoms with E-state index in [1.807, 2.05) is 26.0 Å². The number of rotatable bonds is 6. The summed E-state index contributed by atoms with van der Waals surface area (Å²) < 4.78 is 6.10. The monoisotopic (exact) mass is 315 g/mol. The Morgan fingerprint density at radius 3 is 2.70 bits per heavy atom. The predicted octanol–water partition coefficient (Wildman–Crippen LogP) is 3.48. The summed E-state index contributed by atoms with van der Waals surface area (Å²) in [6.45, 7) is 6.23. The molecule has 5 heteroatoms. The van der Waals surface area contributed by atoms with Crippen LogP contribution in [0, 0.1) is 5.92 Å². The zero-order valence-corrected chi connectivity index (χ0v) is 13.6. The van der Waals surface area contributed by atoms with E-state index in [4.69, 9.17) is 16.3 Å². The number of hydrogen-bond donors (Lipinski definition) is 1. The first-order valence-corrected chi connectivity index (χ1v) is 8.37. The molecule has 2 rings (SSSR count). The van der Waals surface area contributed by atoms with Gasteiger partial charge in [0.05, 0.1) is 10.3 Å². The van der Waals surface area contributed by atoms with Gasteiger partial charge in [-0.3, -0.25) is 4.79 Å². The Morgan fingerprint density at radius 2 is 2.15 bits per heavy atom. The summed E-state index contributed by atoms with van der Waals surface area (Å²) >= 11 is 7.52. The highest BCUT2D eigenvalue weighted by Crippen LogP contribution is 2.30. The number of halogens is 1. The third-order valence-electron chi connectivity index (χ3n) is 3.68. The van der Waals surface area contributed by atoms with Crippen LogP contribution in [-0.4, -0.2) is 31.6 Å². The summed E-state index contributed by atoms with van der Waals surface area (Å²) in [5, 5.41) is 3.53. The van der Waals surface area contributed by atoms with Gasteiger partial charge in [-0.25, -0.2) is 0 Å². The van der Waals surface area contributed by atoms with Crippen LogP contribution in [0.5, 0.6) is 0 Å². The molecule has 1 aromatic rings. The Bertz CT molecular complexity index is 441. The molecule has 0 spiro atoms.